The van der Waals surface area contributed by atoms with E-state index in [9.17, 15) is 0 Å². The predicted octanol–water partition coefficient (Wildman–Crippen LogP) is 4.39. The first-order valence-corrected chi connectivity index (χ1v) is 6.56. The first-order valence-electron chi connectivity index (χ1n) is 4.80. The highest BCUT2D eigenvalue weighted by Gasteiger charge is 2.09. The topological polar surface area (TPSA) is 12.9 Å². The summed E-state index contributed by atoms with van der Waals surface area (Å²) in [5.41, 5.74) is 1.24. The minimum atomic E-state index is 0.583. The average Bonchev–Trinajstić information content (AvgIpc) is 2.86. The lowest BCUT2D eigenvalue weighted by molar-refractivity contribution is 0.714. The Morgan fingerprint density at radius 2 is 2.29 bits per heavy atom. The number of thiophene rings is 1. The van der Waals surface area contributed by atoms with Crippen molar-refractivity contribution in [3.8, 4) is 9.88 Å². The van der Waals surface area contributed by atoms with Crippen LogP contribution in [0.25, 0.3) is 9.88 Å². The number of thiazole rings is 1. The van der Waals surface area contributed by atoms with Gasteiger partial charge in [0.25, 0.3) is 0 Å². The molecule has 14 heavy (non-hydrogen) atoms. The molecule has 1 atom stereocenters. The van der Waals surface area contributed by atoms with Crippen molar-refractivity contribution in [1.82, 2.24) is 4.98 Å². The van der Waals surface area contributed by atoms with Crippen molar-refractivity contribution in [2.75, 3.05) is 0 Å². The van der Waals surface area contributed by atoms with Crippen LogP contribution in [0.3, 0.4) is 0 Å². The molecule has 1 nitrogen and oxygen atoms in total. The molecule has 2 aromatic rings. The highest BCUT2D eigenvalue weighted by Crippen LogP contribution is 2.30. The summed E-state index contributed by atoms with van der Waals surface area (Å²) in [6.45, 7) is 4.43. The Morgan fingerprint density at radius 3 is 2.93 bits per heavy atom. The van der Waals surface area contributed by atoms with Crippen LogP contribution in [0.2, 0.25) is 0 Å². The molecular weight excluding hydrogens is 210 g/mol. The molecule has 74 valence electrons. The van der Waals surface area contributed by atoms with E-state index in [-0.39, 0.29) is 0 Å². The molecule has 0 amide bonds. The van der Waals surface area contributed by atoms with Crippen molar-refractivity contribution in [2.45, 2.75) is 26.2 Å². The Morgan fingerprint density at radius 1 is 1.43 bits per heavy atom. The number of nitrogens with zero attached hydrogens (tertiary/aromatic N) is 1. The second-order valence-electron chi connectivity index (χ2n) is 3.36. The van der Waals surface area contributed by atoms with Crippen LogP contribution in [-0.2, 0) is 0 Å². The summed E-state index contributed by atoms with van der Waals surface area (Å²) in [6, 6.07) is 4.20. The van der Waals surface area contributed by atoms with Crippen molar-refractivity contribution in [3.63, 3.8) is 0 Å². The molecule has 0 aliphatic carbocycles. The van der Waals surface area contributed by atoms with Gasteiger partial charge in [0.05, 0.1) is 10.6 Å². The Hall–Kier alpha value is -0.670. The molecule has 0 radical (unpaired) electrons. The van der Waals surface area contributed by atoms with Crippen molar-refractivity contribution < 1.29 is 0 Å². The quantitative estimate of drug-likeness (QED) is 0.752. The van der Waals surface area contributed by atoms with Gasteiger partial charge in [-0.25, -0.2) is 4.98 Å². The van der Waals surface area contributed by atoms with Gasteiger partial charge in [-0.1, -0.05) is 19.9 Å². The third-order valence-corrected chi connectivity index (χ3v) is 4.27. The van der Waals surface area contributed by atoms with Crippen LogP contribution >= 0.6 is 22.7 Å². The summed E-state index contributed by atoms with van der Waals surface area (Å²) in [6.07, 6.45) is 1.16. The van der Waals surface area contributed by atoms with Crippen LogP contribution in [0.1, 0.15) is 31.9 Å². The first-order chi connectivity index (χ1) is 6.81. The molecule has 0 aromatic carbocycles. The highest BCUT2D eigenvalue weighted by molar-refractivity contribution is 7.20. The van der Waals surface area contributed by atoms with Crippen LogP contribution in [-0.4, -0.2) is 4.98 Å². The van der Waals surface area contributed by atoms with E-state index in [1.54, 1.807) is 22.7 Å². The second-order valence-corrected chi connectivity index (χ2v) is 5.17. The van der Waals surface area contributed by atoms with E-state index < -0.39 is 0 Å². The van der Waals surface area contributed by atoms with Crippen LogP contribution in [0.15, 0.2) is 22.9 Å². The van der Waals surface area contributed by atoms with Crippen molar-refractivity contribution in [1.29, 1.82) is 0 Å². The molecule has 0 fully saturated rings. The molecule has 0 bridgehead atoms. The van der Waals surface area contributed by atoms with Gasteiger partial charge in [0, 0.05) is 5.38 Å². The summed E-state index contributed by atoms with van der Waals surface area (Å²) >= 11 is 3.51. The van der Waals surface area contributed by atoms with E-state index in [0.717, 1.165) is 11.4 Å². The monoisotopic (exact) mass is 223 g/mol. The molecule has 1 unspecified atom stereocenters. The molecule has 2 heterocycles. The Kier molecular flexibility index (Phi) is 2.99. The molecular formula is C11H13NS2. The zero-order valence-electron chi connectivity index (χ0n) is 8.36. The maximum Gasteiger partial charge on any atom is 0.133 e. The van der Waals surface area contributed by atoms with Crippen LogP contribution in [0, 0.1) is 0 Å². The highest BCUT2D eigenvalue weighted by atomic mass is 32.1. The smallest absolute Gasteiger partial charge is 0.133 e. The van der Waals surface area contributed by atoms with Crippen molar-refractivity contribution >= 4 is 22.7 Å². The van der Waals surface area contributed by atoms with Gasteiger partial charge in [-0.2, -0.15) is 0 Å². The number of rotatable bonds is 3. The largest absolute Gasteiger partial charge is 0.240 e. The average molecular weight is 223 g/mol. The minimum Gasteiger partial charge on any atom is -0.240 e. The molecule has 3 heteroatoms. The van der Waals surface area contributed by atoms with E-state index in [0.29, 0.717) is 5.92 Å². The van der Waals surface area contributed by atoms with Crippen molar-refractivity contribution in [2.24, 2.45) is 0 Å². The number of aromatic nitrogens is 1. The van der Waals surface area contributed by atoms with Crippen LogP contribution in [0.5, 0.6) is 0 Å². The van der Waals surface area contributed by atoms with E-state index in [4.69, 9.17) is 0 Å². The van der Waals surface area contributed by atoms with Gasteiger partial charge in [-0.3, -0.25) is 0 Å². The normalized spacial score (nSPS) is 13.0. The van der Waals surface area contributed by atoms with Gasteiger partial charge in [-0.05, 0) is 23.8 Å². The zero-order valence-corrected chi connectivity index (χ0v) is 9.99. The fourth-order valence-electron chi connectivity index (χ4n) is 1.24. The van der Waals surface area contributed by atoms with Gasteiger partial charge in [-0.15, -0.1) is 22.7 Å². The molecule has 0 N–H and O–H groups in total. The van der Waals surface area contributed by atoms with E-state index in [1.807, 2.05) is 0 Å². The second kappa shape index (κ2) is 4.24. The summed E-state index contributed by atoms with van der Waals surface area (Å²) in [7, 11) is 0. The fourth-order valence-corrected chi connectivity index (χ4v) is 2.99. The molecule has 0 saturated carbocycles. The van der Waals surface area contributed by atoms with Gasteiger partial charge >= 0.3 is 0 Å². The SMILES string of the molecule is CCC(C)c1csc(-c2cccs2)n1. The van der Waals surface area contributed by atoms with Gasteiger partial charge in [0.15, 0.2) is 0 Å². The minimum absolute atomic E-state index is 0.583. The Balaban J connectivity index is 2.26. The number of hydrogen-bond acceptors (Lipinski definition) is 3. The molecule has 0 aliphatic rings. The zero-order chi connectivity index (χ0) is 9.97. The standard InChI is InChI=1S/C11H13NS2/c1-3-8(2)9-7-14-11(12-9)10-5-4-6-13-10/h4-8H,3H2,1-2H3. The van der Waals surface area contributed by atoms with E-state index in [2.05, 4.69) is 41.7 Å². The van der Waals surface area contributed by atoms with Gasteiger partial charge in [0.1, 0.15) is 5.01 Å². The van der Waals surface area contributed by atoms with Crippen LogP contribution < -0.4 is 0 Å². The third kappa shape index (κ3) is 1.88. The lowest BCUT2D eigenvalue weighted by Crippen LogP contribution is -1.90. The molecule has 0 saturated heterocycles. The lowest BCUT2D eigenvalue weighted by Gasteiger charge is -2.01. The van der Waals surface area contributed by atoms with Crippen LogP contribution in [0.4, 0.5) is 0 Å². The summed E-state index contributed by atoms with van der Waals surface area (Å²) in [4.78, 5) is 5.93. The summed E-state index contributed by atoms with van der Waals surface area (Å²) < 4.78 is 0. The first kappa shape index (κ1) is 9.87. The molecule has 0 spiro atoms. The Bertz CT molecular complexity index is 389. The van der Waals surface area contributed by atoms with E-state index in [1.165, 1.54) is 10.6 Å². The van der Waals surface area contributed by atoms with Gasteiger partial charge < -0.3 is 0 Å². The number of hydrogen-bond donors (Lipinski definition) is 0. The third-order valence-electron chi connectivity index (χ3n) is 2.37. The van der Waals surface area contributed by atoms with Crippen molar-refractivity contribution in [3.05, 3.63) is 28.6 Å². The predicted molar refractivity (Wildman–Crippen MR) is 64.1 cm³/mol. The fraction of sp³-hybridized carbons (Fsp3) is 0.364. The molecule has 2 aromatic heterocycles. The summed E-state index contributed by atoms with van der Waals surface area (Å²) in [5.74, 6) is 0.583. The maximum atomic E-state index is 4.65. The lowest BCUT2D eigenvalue weighted by atomic mass is 10.1. The maximum absolute atomic E-state index is 4.65. The Labute approximate surface area is 92.4 Å². The van der Waals surface area contributed by atoms with E-state index >= 15 is 0 Å². The molecule has 2 rings (SSSR count). The summed E-state index contributed by atoms with van der Waals surface area (Å²) in [5, 5.41) is 5.44. The molecule has 0 aliphatic heterocycles. The van der Waals surface area contributed by atoms with Gasteiger partial charge in [0.2, 0.25) is 0 Å².